The van der Waals surface area contributed by atoms with Gasteiger partial charge in [-0.3, -0.25) is 0 Å². The molecule has 0 radical (unpaired) electrons. The van der Waals surface area contributed by atoms with E-state index in [2.05, 4.69) is 14.9 Å². The van der Waals surface area contributed by atoms with Crippen LogP contribution in [0.4, 0.5) is 13.2 Å². The zero-order valence-electron chi connectivity index (χ0n) is 9.90. The van der Waals surface area contributed by atoms with E-state index in [9.17, 15) is 18.3 Å². The smallest absolute Gasteiger partial charge is 0.393 e. The van der Waals surface area contributed by atoms with E-state index in [1.54, 1.807) is 0 Å². The molecule has 5 nitrogen and oxygen atoms in total. The van der Waals surface area contributed by atoms with Crippen molar-refractivity contribution in [1.29, 1.82) is 0 Å². The number of aromatic nitrogens is 2. The van der Waals surface area contributed by atoms with E-state index in [0.29, 0.717) is 6.42 Å². The minimum absolute atomic E-state index is 0.0398. The number of halogens is 3. The van der Waals surface area contributed by atoms with E-state index in [0.717, 1.165) is 6.42 Å². The molecule has 0 saturated heterocycles. The normalized spacial score (nSPS) is 13.8. The van der Waals surface area contributed by atoms with Gasteiger partial charge in [-0.1, -0.05) is 18.5 Å². The Morgan fingerprint density at radius 3 is 2.78 bits per heavy atom. The second kappa shape index (κ2) is 6.69. The zero-order valence-corrected chi connectivity index (χ0v) is 9.90. The average Bonchev–Trinajstić information content (AvgIpc) is 2.64. The quantitative estimate of drug-likeness (QED) is 0.817. The Morgan fingerprint density at radius 1 is 1.44 bits per heavy atom. The minimum atomic E-state index is -4.37. The van der Waals surface area contributed by atoms with Gasteiger partial charge in [0.05, 0.1) is 12.5 Å². The maximum absolute atomic E-state index is 11.8. The summed E-state index contributed by atoms with van der Waals surface area (Å²) in [5.41, 5.74) is 0. The van der Waals surface area contributed by atoms with Crippen LogP contribution in [0.15, 0.2) is 4.52 Å². The molecule has 1 N–H and O–H groups in total. The molecule has 0 fully saturated rings. The summed E-state index contributed by atoms with van der Waals surface area (Å²) in [4.78, 5) is 3.82. The van der Waals surface area contributed by atoms with Crippen molar-refractivity contribution in [1.82, 2.24) is 10.1 Å². The predicted molar refractivity (Wildman–Crippen MR) is 54.6 cm³/mol. The highest BCUT2D eigenvalue weighted by atomic mass is 19.4. The van der Waals surface area contributed by atoms with Gasteiger partial charge in [-0.2, -0.15) is 18.2 Å². The number of nitrogens with zero attached hydrogens (tertiary/aromatic N) is 2. The third-order valence-electron chi connectivity index (χ3n) is 2.04. The van der Waals surface area contributed by atoms with Crippen molar-refractivity contribution in [2.75, 3.05) is 6.61 Å². The van der Waals surface area contributed by atoms with Gasteiger partial charge in [0.2, 0.25) is 5.89 Å². The summed E-state index contributed by atoms with van der Waals surface area (Å²) in [6, 6.07) is 0. The van der Waals surface area contributed by atoms with Crippen molar-refractivity contribution in [2.24, 2.45) is 0 Å². The van der Waals surface area contributed by atoms with Crippen LogP contribution in [0.25, 0.3) is 0 Å². The van der Waals surface area contributed by atoms with E-state index < -0.39 is 18.9 Å². The molecule has 8 heteroatoms. The van der Waals surface area contributed by atoms with Crippen molar-refractivity contribution in [3.8, 4) is 0 Å². The predicted octanol–water partition coefficient (Wildman–Crippen LogP) is 1.85. The van der Waals surface area contributed by atoms with Crippen LogP contribution >= 0.6 is 0 Å². The van der Waals surface area contributed by atoms with Gasteiger partial charge in [-0.15, -0.1) is 0 Å². The number of rotatable bonds is 7. The number of hydrogen-bond acceptors (Lipinski definition) is 5. The first kappa shape index (κ1) is 14.9. The van der Waals surface area contributed by atoms with E-state index in [4.69, 9.17) is 4.52 Å². The fraction of sp³-hybridized carbons (Fsp3) is 0.800. The lowest BCUT2D eigenvalue weighted by molar-refractivity contribution is -0.177. The highest BCUT2D eigenvalue weighted by molar-refractivity contribution is 4.86. The van der Waals surface area contributed by atoms with Crippen LogP contribution < -0.4 is 0 Å². The van der Waals surface area contributed by atoms with Gasteiger partial charge < -0.3 is 14.4 Å². The monoisotopic (exact) mass is 268 g/mol. The Kier molecular flexibility index (Phi) is 5.54. The second-order valence-corrected chi connectivity index (χ2v) is 3.86. The Hall–Kier alpha value is -1.15. The molecular formula is C10H15F3N2O3. The molecule has 18 heavy (non-hydrogen) atoms. The number of aliphatic hydroxyl groups is 1. The van der Waals surface area contributed by atoms with Gasteiger partial charge in [0.25, 0.3) is 0 Å². The fourth-order valence-corrected chi connectivity index (χ4v) is 1.33. The molecule has 0 aliphatic carbocycles. The maximum Gasteiger partial charge on any atom is 0.411 e. The Balaban J connectivity index is 2.34. The molecule has 0 amide bonds. The number of alkyl halides is 3. The Morgan fingerprint density at radius 2 is 2.17 bits per heavy atom. The molecule has 0 aromatic carbocycles. The van der Waals surface area contributed by atoms with Gasteiger partial charge in [0, 0.05) is 0 Å². The molecule has 1 atom stereocenters. The molecular weight excluding hydrogens is 253 g/mol. The maximum atomic E-state index is 11.8. The molecule has 1 aromatic rings. The lowest BCUT2D eigenvalue weighted by atomic mass is 10.1. The van der Waals surface area contributed by atoms with Gasteiger partial charge in [-0.05, 0) is 6.42 Å². The van der Waals surface area contributed by atoms with Gasteiger partial charge in [0.1, 0.15) is 13.2 Å². The third-order valence-corrected chi connectivity index (χ3v) is 2.04. The molecule has 104 valence electrons. The van der Waals surface area contributed by atoms with Crippen LogP contribution in [0, 0.1) is 0 Å². The highest BCUT2D eigenvalue weighted by Gasteiger charge is 2.27. The van der Waals surface area contributed by atoms with Crippen LogP contribution in [0.5, 0.6) is 0 Å². The van der Waals surface area contributed by atoms with Gasteiger partial charge in [-0.25, -0.2) is 0 Å². The summed E-state index contributed by atoms with van der Waals surface area (Å²) in [6.45, 7) is 0.204. The molecule has 1 unspecified atom stereocenters. The van der Waals surface area contributed by atoms with Crippen molar-refractivity contribution in [2.45, 2.75) is 45.1 Å². The molecule has 0 aliphatic rings. The molecule has 1 heterocycles. The first-order valence-corrected chi connectivity index (χ1v) is 5.54. The minimum Gasteiger partial charge on any atom is -0.393 e. The Bertz CT molecular complexity index is 354. The molecule has 1 rings (SSSR count). The topological polar surface area (TPSA) is 68.4 Å². The molecule has 0 bridgehead atoms. The summed E-state index contributed by atoms with van der Waals surface area (Å²) >= 11 is 0. The van der Waals surface area contributed by atoms with Crippen LogP contribution in [0.3, 0.4) is 0 Å². The van der Waals surface area contributed by atoms with E-state index >= 15 is 0 Å². The second-order valence-electron chi connectivity index (χ2n) is 3.86. The lowest BCUT2D eigenvalue weighted by Gasteiger charge is -2.05. The fourth-order valence-electron chi connectivity index (χ4n) is 1.33. The molecule has 0 spiro atoms. The number of ether oxygens (including phenoxy) is 1. The molecule has 0 aliphatic heterocycles. The lowest BCUT2D eigenvalue weighted by Crippen LogP contribution is -2.17. The van der Waals surface area contributed by atoms with E-state index in [1.165, 1.54) is 0 Å². The molecule has 0 saturated carbocycles. The van der Waals surface area contributed by atoms with Crippen molar-refractivity contribution >= 4 is 0 Å². The van der Waals surface area contributed by atoms with Crippen molar-refractivity contribution in [3.63, 3.8) is 0 Å². The third kappa shape index (κ3) is 5.97. The zero-order chi connectivity index (χ0) is 13.6. The van der Waals surface area contributed by atoms with Crippen LogP contribution in [0.1, 0.15) is 31.5 Å². The van der Waals surface area contributed by atoms with Crippen LogP contribution in [0.2, 0.25) is 0 Å². The van der Waals surface area contributed by atoms with Crippen LogP contribution in [-0.2, 0) is 17.8 Å². The summed E-state index contributed by atoms with van der Waals surface area (Å²) in [7, 11) is 0. The summed E-state index contributed by atoms with van der Waals surface area (Å²) in [5, 5.41) is 12.9. The first-order valence-electron chi connectivity index (χ1n) is 5.54. The summed E-state index contributed by atoms with van der Waals surface area (Å²) in [6.07, 6.45) is -3.34. The Labute approximate surface area is 102 Å². The van der Waals surface area contributed by atoms with Crippen LogP contribution in [-0.4, -0.2) is 34.1 Å². The summed E-state index contributed by atoms with van der Waals surface area (Å²) in [5.74, 6) is 0.236. The van der Waals surface area contributed by atoms with Gasteiger partial charge in [0.15, 0.2) is 5.82 Å². The highest BCUT2D eigenvalue weighted by Crippen LogP contribution is 2.15. The standard InChI is InChI=1S/C10H15F3N2O3/c1-2-3-7(16)4-9-14-8(15-18-9)5-17-6-10(11,12)13/h7,16H,2-6H2,1H3. The largest absolute Gasteiger partial charge is 0.411 e. The molecule has 1 aromatic heterocycles. The first-order chi connectivity index (χ1) is 8.40. The average molecular weight is 268 g/mol. The summed E-state index contributed by atoms with van der Waals surface area (Å²) < 4.78 is 44.6. The SMILES string of the molecule is CCCC(O)Cc1nc(COCC(F)(F)F)no1. The number of hydrogen-bond donors (Lipinski definition) is 1. The number of aliphatic hydroxyl groups excluding tert-OH is 1. The van der Waals surface area contributed by atoms with Gasteiger partial charge >= 0.3 is 6.18 Å². The van der Waals surface area contributed by atoms with Crippen molar-refractivity contribution in [3.05, 3.63) is 11.7 Å². The van der Waals surface area contributed by atoms with E-state index in [1.807, 2.05) is 6.92 Å². The van der Waals surface area contributed by atoms with Crippen molar-refractivity contribution < 1.29 is 27.5 Å². The van der Waals surface area contributed by atoms with E-state index in [-0.39, 0.29) is 24.7 Å².